The lowest BCUT2D eigenvalue weighted by Gasteiger charge is -2.37. The number of carbonyl (C=O) groups is 1. The number of hydrogen-bond donors (Lipinski definition) is 2. The summed E-state index contributed by atoms with van der Waals surface area (Å²) in [6.07, 6.45) is 7.39. The van der Waals surface area contributed by atoms with Gasteiger partial charge in [0.05, 0.1) is 5.41 Å². The van der Waals surface area contributed by atoms with E-state index in [1.807, 2.05) is 0 Å². The minimum Gasteiger partial charge on any atom is -0.351 e. The molecule has 136 valence electrons. The van der Waals surface area contributed by atoms with E-state index < -0.39 is 0 Å². The number of fused-ring (bicyclic) bond motifs is 1. The molecule has 1 saturated carbocycles. The molecule has 2 atom stereocenters. The monoisotopic (exact) mass is 341 g/mol. The molecule has 4 heteroatoms. The normalized spacial score (nSPS) is 29.5. The van der Waals surface area contributed by atoms with Crippen LogP contribution in [0.25, 0.3) is 0 Å². The van der Waals surface area contributed by atoms with Crippen LogP contribution in [-0.2, 0) is 17.9 Å². The summed E-state index contributed by atoms with van der Waals surface area (Å²) in [6, 6.07) is 8.79. The predicted molar refractivity (Wildman–Crippen MR) is 100 cm³/mol. The molecular formula is C21H31N3O. The van der Waals surface area contributed by atoms with E-state index in [9.17, 15) is 4.79 Å². The number of benzene rings is 1. The Morgan fingerprint density at radius 3 is 2.68 bits per heavy atom. The fourth-order valence-corrected chi connectivity index (χ4v) is 5.01. The Balaban J connectivity index is 1.32. The number of amides is 1. The summed E-state index contributed by atoms with van der Waals surface area (Å²) in [5.74, 6) is 0.799. The Bertz CT molecular complexity index is 594. The maximum Gasteiger partial charge on any atom is 0.228 e. The first-order valence-corrected chi connectivity index (χ1v) is 10.1. The summed E-state index contributed by atoms with van der Waals surface area (Å²) < 4.78 is 0. The van der Waals surface area contributed by atoms with Crippen molar-refractivity contribution in [3.05, 3.63) is 35.4 Å². The molecule has 4 rings (SSSR count). The van der Waals surface area contributed by atoms with Gasteiger partial charge in [-0.1, -0.05) is 37.1 Å². The Morgan fingerprint density at radius 2 is 1.88 bits per heavy atom. The summed E-state index contributed by atoms with van der Waals surface area (Å²) in [7, 11) is 0. The van der Waals surface area contributed by atoms with Crippen LogP contribution in [0.2, 0.25) is 0 Å². The number of carbonyl (C=O) groups excluding carboxylic acids is 1. The molecule has 3 aliphatic rings. The van der Waals surface area contributed by atoms with Crippen molar-refractivity contribution in [1.82, 2.24) is 15.5 Å². The van der Waals surface area contributed by atoms with Crippen LogP contribution in [0, 0.1) is 11.3 Å². The number of likely N-dealkylation sites (tertiary alicyclic amines) is 1. The highest BCUT2D eigenvalue weighted by molar-refractivity contribution is 5.83. The lowest BCUT2D eigenvalue weighted by Crippen LogP contribution is -2.47. The molecule has 1 aromatic rings. The Labute approximate surface area is 151 Å². The van der Waals surface area contributed by atoms with Crippen LogP contribution in [0.1, 0.15) is 49.7 Å². The van der Waals surface area contributed by atoms with Crippen LogP contribution in [-0.4, -0.2) is 37.0 Å². The molecule has 2 N–H and O–H groups in total. The second kappa shape index (κ2) is 7.46. The third-order valence-electron chi connectivity index (χ3n) is 6.57. The van der Waals surface area contributed by atoms with Crippen molar-refractivity contribution in [3.63, 3.8) is 0 Å². The van der Waals surface area contributed by atoms with E-state index in [2.05, 4.69) is 39.8 Å². The molecule has 1 aliphatic carbocycles. The van der Waals surface area contributed by atoms with Gasteiger partial charge >= 0.3 is 0 Å². The minimum absolute atomic E-state index is 0.145. The van der Waals surface area contributed by atoms with Gasteiger partial charge in [-0.15, -0.1) is 0 Å². The van der Waals surface area contributed by atoms with Crippen molar-refractivity contribution in [3.8, 4) is 0 Å². The van der Waals surface area contributed by atoms with E-state index in [0.717, 1.165) is 26.1 Å². The van der Waals surface area contributed by atoms with Gasteiger partial charge in [0, 0.05) is 19.6 Å². The lowest BCUT2D eigenvalue weighted by atomic mass is 9.67. The molecule has 0 radical (unpaired) electrons. The molecule has 2 aliphatic heterocycles. The van der Waals surface area contributed by atoms with Gasteiger partial charge in [0.2, 0.25) is 5.91 Å². The summed E-state index contributed by atoms with van der Waals surface area (Å²) in [4.78, 5) is 15.4. The SMILES string of the molecule is O=C(NCc1ccc(CN2CCCC2)cc1)[C@@]12CCCC[C@H]1CNC2. The molecule has 1 aromatic carbocycles. The summed E-state index contributed by atoms with van der Waals surface area (Å²) in [6.45, 7) is 6.04. The van der Waals surface area contributed by atoms with E-state index in [0.29, 0.717) is 12.5 Å². The number of nitrogens with one attached hydrogen (secondary N) is 2. The third-order valence-corrected chi connectivity index (χ3v) is 6.57. The zero-order valence-corrected chi connectivity index (χ0v) is 15.2. The van der Waals surface area contributed by atoms with Crippen molar-refractivity contribution >= 4 is 5.91 Å². The van der Waals surface area contributed by atoms with E-state index in [4.69, 9.17) is 0 Å². The van der Waals surface area contributed by atoms with Gasteiger partial charge in [0.15, 0.2) is 0 Å². The zero-order valence-electron chi connectivity index (χ0n) is 15.2. The second-order valence-electron chi connectivity index (χ2n) is 8.21. The number of nitrogens with zero attached hydrogens (tertiary/aromatic N) is 1. The molecule has 0 bridgehead atoms. The molecule has 0 unspecified atom stereocenters. The van der Waals surface area contributed by atoms with Crippen LogP contribution >= 0.6 is 0 Å². The maximum absolute atomic E-state index is 12.9. The van der Waals surface area contributed by atoms with Crippen molar-refractivity contribution in [1.29, 1.82) is 0 Å². The van der Waals surface area contributed by atoms with Gasteiger partial charge in [-0.2, -0.15) is 0 Å². The highest BCUT2D eigenvalue weighted by Gasteiger charge is 2.49. The fraction of sp³-hybridized carbons (Fsp3) is 0.667. The van der Waals surface area contributed by atoms with Crippen LogP contribution in [0.15, 0.2) is 24.3 Å². The van der Waals surface area contributed by atoms with Crippen molar-refractivity contribution in [2.75, 3.05) is 26.2 Å². The van der Waals surface area contributed by atoms with Crippen molar-refractivity contribution in [2.24, 2.45) is 11.3 Å². The molecule has 1 amide bonds. The van der Waals surface area contributed by atoms with Crippen molar-refractivity contribution < 1.29 is 4.79 Å². The average molecular weight is 341 g/mol. The molecule has 0 aromatic heterocycles. The van der Waals surface area contributed by atoms with E-state index in [1.165, 1.54) is 56.3 Å². The fourth-order valence-electron chi connectivity index (χ4n) is 5.01. The van der Waals surface area contributed by atoms with Crippen LogP contribution in [0.3, 0.4) is 0 Å². The highest BCUT2D eigenvalue weighted by atomic mass is 16.2. The Kier molecular flexibility index (Phi) is 5.09. The van der Waals surface area contributed by atoms with Gasteiger partial charge in [0.25, 0.3) is 0 Å². The summed E-state index contributed by atoms with van der Waals surface area (Å²) in [5.41, 5.74) is 2.43. The van der Waals surface area contributed by atoms with Gasteiger partial charge < -0.3 is 10.6 Å². The molecule has 0 spiro atoms. The quantitative estimate of drug-likeness (QED) is 0.865. The molecule has 4 nitrogen and oxygen atoms in total. The lowest BCUT2D eigenvalue weighted by molar-refractivity contribution is -0.134. The maximum atomic E-state index is 12.9. The standard InChI is InChI=1S/C21H31N3O/c25-20(21-10-2-1-5-19(21)14-22-16-21)23-13-17-6-8-18(9-7-17)15-24-11-3-4-12-24/h6-9,19,22H,1-5,10-16H2,(H,23,25)/t19-,21+/m0/s1. The largest absolute Gasteiger partial charge is 0.351 e. The number of rotatable bonds is 5. The van der Waals surface area contributed by atoms with Gasteiger partial charge in [-0.05, 0) is 62.4 Å². The molecule has 2 heterocycles. The average Bonchev–Trinajstić information content (AvgIpc) is 3.30. The topological polar surface area (TPSA) is 44.4 Å². The third kappa shape index (κ3) is 3.61. The molecule has 3 fully saturated rings. The Morgan fingerprint density at radius 1 is 1.12 bits per heavy atom. The van der Waals surface area contributed by atoms with E-state index >= 15 is 0 Å². The first kappa shape index (κ1) is 17.0. The Hall–Kier alpha value is -1.39. The second-order valence-corrected chi connectivity index (χ2v) is 8.21. The molecule has 25 heavy (non-hydrogen) atoms. The first-order chi connectivity index (χ1) is 12.3. The molecule has 2 saturated heterocycles. The predicted octanol–water partition coefficient (Wildman–Crippen LogP) is 2.68. The smallest absolute Gasteiger partial charge is 0.228 e. The summed E-state index contributed by atoms with van der Waals surface area (Å²) in [5, 5.41) is 6.69. The van der Waals surface area contributed by atoms with Crippen molar-refractivity contribution in [2.45, 2.75) is 51.6 Å². The summed E-state index contributed by atoms with van der Waals surface area (Å²) >= 11 is 0. The zero-order chi connectivity index (χ0) is 17.1. The van der Waals surface area contributed by atoms with Gasteiger partial charge in [0.1, 0.15) is 0 Å². The van der Waals surface area contributed by atoms with Crippen LogP contribution in [0.4, 0.5) is 0 Å². The first-order valence-electron chi connectivity index (χ1n) is 10.1. The van der Waals surface area contributed by atoms with Gasteiger partial charge in [-0.3, -0.25) is 9.69 Å². The van der Waals surface area contributed by atoms with E-state index in [1.54, 1.807) is 0 Å². The van der Waals surface area contributed by atoms with Gasteiger partial charge in [-0.25, -0.2) is 0 Å². The van der Waals surface area contributed by atoms with Crippen LogP contribution < -0.4 is 10.6 Å². The molecular weight excluding hydrogens is 310 g/mol. The van der Waals surface area contributed by atoms with Crippen LogP contribution in [0.5, 0.6) is 0 Å². The number of hydrogen-bond acceptors (Lipinski definition) is 3. The highest BCUT2D eigenvalue weighted by Crippen LogP contribution is 2.43. The minimum atomic E-state index is -0.145. The van der Waals surface area contributed by atoms with E-state index in [-0.39, 0.29) is 11.3 Å².